The van der Waals surface area contributed by atoms with Gasteiger partial charge in [-0.3, -0.25) is 5.32 Å². The molecule has 0 spiro atoms. The van der Waals surface area contributed by atoms with Gasteiger partial charge in [-0.25, -0.2) is 9.48 Å². The van der Waals surface area contributed by atoms with Gasteiger partial charge in [0.25, 0.3) is 0 Å². The smallest absolute Gasteiger partial charge is 0.320 e. The molecule has 1 aromatic heterocycles. The molecule has 0 saturated carbocycles. The van der Waals surface area contributed by atoms with E-state index in [9.17, 15) is 9.90 Å². The number of aryl methyl sites for hydroxylation is 1. The summed E-state index contributed by atoms with van der Waals surface area (Å²) < 4.78 is 1.68. The van der Waals surface area contributed by atoms with Crippen LogP contribution in [0.1, 0.15) is 32.3 Å². The number of carbonyl (C=O) groups excluding carboxylic acids is 1. The number of benzene rings is 1. The number of carbonyl (C=O) groups is 1. The lowest BCUT2D eigenvalue weighted by Crippen LogP contribution is -2.43. The van der Waals surface area contributed by atoms with E-state index in [-0.39, 0.29) is 12.6 Å². The Morgan fingerprint density at radius 1 is 1.26 bits per heavy atom. The first-order chi connectivity index (χ1) is 11.0. The van der Waals surface area contributed by atoms with Crippen LogP contribution in [0.25, 0.3) is 5.69 Å². The number of para-hydroxylation sites is 1. The number of amides is 2. The molecule has 124 valence electrons. The second-order valence-corrected chi connectivity index (χ2v) is 5.65. The fourth-order valence-electron chi connectivity index (χ4n) is 2.30. The molecule has 1 aromatic carbocycles. The third kappa shape index (κ3) is 4.10. The quantitative estimate of drug-likeness (QED) is 0.766. The topological polar surface area (TPSA) is 79.2 Å². The first kappa shape index (κ1) is 17.0. The first-order valence-electron chi connectivity index (χ1n) is 7.86. The van der Waals surface area contributed by atoms with Crippen molar-refractivity contribution in [2.24, 2.45) is 0 Å². The molecule has 23 heavy (non-hydrogen) atoms. The maximum absolute atomic E-state index is 12.1. The monoisotopic (exact) mass is 316 g/mol. The van der Waals surface area contributed by atoms with Crippen LogP contribution in [0.4, 0.5) is 10.6 Å². The van der Waals surface area contributed by atoms with Crippen molar-refractivity contribution in [1.29, 1.82) is 0 Å². The molecule has 2 aromatic rings. The normalized spacial score (nSPS) is 11.3. The number of aromatic nitrogens is 2. The minimum Gasteiger partial charge on any atom is -0.388 e. The van der Waals surface area contributed by atoms with Crippen molar-refractivity contribution in [1.82, 2.24) is 15.1 Å². The van der Waals surface area contributed by atoms with E-state index in [0.29, 0.717) is 18.7 Å². The van der Waals surface area contributed by atoms with Gasteiger partial charge in [-0.15, -0.1) is 0 Å². The van der Waals surface area contributed by atoms with E-state index in [2.05, 4.69) is 15.7 Å². The van der Waals surface area contributed by atoms with E-state index < -0.39 is 5.60 Å². The highest BCUT2D eigenvalue weighted by atomic mass is 16.3. The Kier molecular flexibility index (Phi) is 5.39. The second kappa shape index (κ2) is 7.28. The summed E-state index contributed by atoms with van der Waals surface area (Å²) >= 11 is 0. The van der Waals surface area contributed by atoms with Crippen molar-refractivity contribution in [2.45, 2.75) is 39.2 Å². The number of urea groups is 1. The third-order valence-electron chi connectivity index (χ3n) is 4.12. The summed E-state index contributed by atoms with van der Waals surface area (Å²) in [4.78, 5) is 12.1. The van der Waals surface area contributed by atoms with Crippen LogP contribution in [0.5, 0.6) is 0 Å². The van der Waals surface area contributed by atoms with Crippen molar-refractivity contribution in [3.8, 4) is 5.69 Å². The zero-order chi connectivity index (χ0) is 16.9. The minimum absolute atomic E-state index is 0.213. The number of aliphatic hydroxyl groups is 1. The molecule has 6 nitrogen and oxygen atoms in total. The maximum atomic E-state index is 12.1. The van der Waals surface area contributed by atoms with Gasteiger partial charge in [0.05, 0.1) is 17.5 Å². The number of nitrogens with zero attached hydrogens (tertiary/aromatic N) is 2. The lowest BCUT2D eigenvalue weighted by Gasteiger charge is -2.25. The molecule has 0 aliphatic rings. The van der Waals surface area contributed by atoms with Gasteiger partial charge in [-0.1, -0.05) is 32.0 Å². The molecule has 1 heterocycles. The van der Waals surface area contributed by atoms with Gasteiger partial charge in [-0.05, 0) is 31.4 Å². The van der Waals surface area contributed by atoms with Gasteiger partial charge >= 0.3 is 6.03 Å². The van der Waals surface area contributed by atoms with Gasteiger partial charge in [-0.2, -0.15) is 5.10 Å². The van der Waals surface area contributed by atoms with E-state index in [1.165, 1.54) is 0 Å². The Morgan fingerprint density at radius 2 is 1.96 bits per heavy atom. The standard InChI is InChI=1S/C17H24N4O2/c1-4-17(23,5-2)12-18-16(22)20-15-10-11-19-21(15)14-9-7-6-8-13(14)3/h6-11,23H,4-5,12H2,1-3H3,(H2,18,20,22). The SMILES string of the molecule is CCC(O)(CC)CNC(=O)Nc1ccnn1-c1ccccc1C. The highest BCUT2D eigenvalue weighted by molar-refractivity contribution is 5.88. The second-order valence-electron chi connectivity index (χ2n) is 5.65. The first-order valence-corrected chi connectivity index (χ1v) is 7.86. The number of anilines is 1. The average Bonchev–Trinajstić information content (AvgIpc) is 3.01. The van der Waals surface area contributed by atoms with Gasteiger partial charge < -0.3 is 10.4 Å². The molecule has 0 atom stereocenters. The number of nitrogens with one attached hydrogen (secondary N) is 2. The fraction of sp³-hybridized carbons (Fsp3) is 0.412. The number of hydrogen-bond acceptors (Lipinski definition) is 3. The largest absolute Gasteiger partial charge is 0.388 e. The molecule has 0 aliphatic carbocycles. The lowest BCUT2D eigenvalue weighted by molar-refractivity contribution is 0.0354. The van der Waals surface area contributed by atoms with Gasteiger partial charge in [0.15, 0.2) is 0 Å². The van der Waals surface area contributed by atoms with E-state index in [1.54, 1.807) is 16.9 Å². The third-order valence-corrected chi connectivity index (χ3v) is 4.12. The van der Waals surface area contributed by atoms with Crippen LogP contribution in [-0.4, -0.2) is 33.1 Å². The van der Waals surface area contributed by atoms with Crippen LogP contribution >= 0.6 is 0 Å². The molecule has 2 amide bonds. The molecule has 0 saturated heterocycles. The molecule has 0 aliphatic heterocycles. The highest BCUT2D eigenvalue weighted by Crippen LogP contribution is 2.18. The molecule has 0 unspecified atom stereocenters. The fourth-order valence-corrected chi connectivity index (χ4v) is 2.30. The van der Waals surface area contributed by atoms with Crippen LogP contribution in [-0.2, 0) is 0 Å². The van der Waals surface area contributed by atoms with Crippen molar-refractivity contribution in [3.63, 3.8) is 0 Å². The zero-order valence-electron chi connectivity index (χ0n) is 13.8. The summed E-state index contributed by atoms with van der Waals surface area (Å²) in [7, 11) is 0. The Morgan fingerprint density at radius 3 is 2.61 bits per heavy atom. The Labute approximate surface area is 136 Å². The van der Waals surface area contributed by atoms with E-state index in [1.807, 2.05) is 45.0 Å². The minimum atomic E-state index is -0.867. The molecular weight excluding hydrogens is 292 g/mol. The predicted molar refractivity (Wildman–Crippen MR) is 90.9 cm³/mol. The summed E-state index contributed by atoms with van der Waals surface area (Å²) in [5.74, 6) is 0.577. The zero-order valence-corrected chi connectivity index (χ0v) is 13.8. The van der Waals surface area contributed by atoms with Crippen LogP contribution in [0.2, 0.25) is 0 Å². The molecule has 0 bridgehead atoms. The van der Waals surface area contributed by atoms with Crippen LogP contribution in [0, 0.1) is 6.92 Å². The molecule has 0 radical (unpaired) electrons. The van der Waals surface area contributed by atoms with Crippen LogP contribution < -0.4 is 10.6 Å². The van der Waals surface area contributed by atoms with Crippen molar-refractivity contribution < 1.29 is 9.90 Å². The van der Waals surface area contributed by atoms with Crippen molar-refractivity contribution in [2.75, 3.05) is 11.9 Å². The van der Waals surface area contributed by atoms with Crippen molar-refractivity contribution in [3.05, 3.63) is 42.1 Å². The van der Waals surface area contributed by atoms with Crippen molar-refractivity contribution >= 4 is 11.8 Å². The Hall–Kier alpha value is -2.34. The average molecular weight is 316 g/mol. The Balaban J connectivity index is 2.06. The van der Waals surface area contributed by atoms with E-state index >= 15 is 0 Å². The maximum Gasteiger partial charge on any atom is 0.320 e. The van der Waals surface area contributed by atoms with E-state index in [4.69, 9.17) is 0 Å². The number of rotatable bonds is 6. The van der Waals surface area contributed by atoms with Gasteiger partial charge in [0.1, 0.15) is 5.82 Å². The molecule has 0 fully saturated rings. The van der Waals surface area contributed by atoms with Gasteiger partial charge in [0, 0.05) is 12.6 Å². The highest BCUT2D eigenvalue weighted by Gasteiger charge is 2.23. The molecule has 6 heteroatoms. The number of hydrogen-bond donors (Lipinski definition) is 3. The van der Waals surface area contributed by atoms with Crippen LogP contribution in [0.3, 0.4) is 0 Å². The molecular formula is C17H24N4O2. The lowest BCUT2D eigenvalue weighted by atomic mass is 9.98. The molecule has 2 rings (SSSR count). The Bertz CT molecular complexity index is 662. The summed E-state index contributed by atoms with van der Waals surface area (Å²) in [6, 6.07) is 9.19. The predicted octanol–water partition coefficient (Wildman–Crippen LogP) is 2.85. The summed E-state index contributed by atoms with van der Waals surface area (Å²) in [5.41, 5.74) is 1.10. The van der Waals surface area contributed by atoms with Crippen LogP contribution in [0.15, 0.2) is 36.5 Å². The van der Waals surface area contributed by atoms with Gasteiger partial charge in [0.2, 0.25) is 0 Å². The molecule has 3 N–H and O–H groups in total. The summed E-state index contributed by atoms with van der Waals surface area (Å²) in [6.07, 6.45) is 2.81. The summed E-state index contributed by atoms with van der Waals surface area (Å²) in [5, 5.41) is 20.0. The van der Waals surface area contributed by atoms with E-state index in [0.717, 1.165) is 11.3 Å². The summed E-state index contributed by atoms with van der Waals surface area (Å²) in [6.45, 7) is 6.00.